The van der Waals surface area contributed by atoms with Gasteiger partial charge in [0.15, 0.2) is 0 Å². The molecule has 0 amide bonds. The summed E-state index contributed by atoms with van der Waals surface area (Å²) in [7, 11) is 0. The van der Waals surface area contributed by atoms with E-state index in [4.69, 9.17) is 16.3 Å². The Kier molecular flexibility index (Phi) is 5.25. The Morgan fingerprint density at radius 1 is 1.16 bits per heavy atom. The van der Waals surface area contributed by atoms with Gasteiger partial charge in [-0.25, -0.2) is 4.39 Å². The van der Waals surface area contributed by atoms with Crippen LogP contribution in [0, 0.1) is 5.82 Å². The van der Waals surface area contributed by atoms with Crippen LogP contribution < -0.4 is 4.74 Å². The molecular formula is C14H10Br2ClFO. The highest BCUT2D eigenvalue weighted by Crippen LogP contribution is 2.26. The third-order valence-electron chi connectivity index (χ3n) is 2.54. The van der Waals surface area contributed by atoms with E-state index in [0.29, 0.717) is 11.9 Å². The van der Waals surface area contributed by atoms with E-state index < -0.39 is 5.82 Å². The molecule has 0 radical (unpaired) electrons. The maximum absolute atomic E-state index is 13.0. The number of benzene rings is 2. The molecule has 0 aromatic heterocycles. The molecule has 0 heterocycles. The first-order valence-electron chi connectivity index (χ1n) is 5.51. The Hall–Kier alpha value is -0.580. The van der Waals surface area contributed by atoms with E-state index in [0.717, 1.165) is 21.3 Å². The van der Waals surface area contributed by atoms with Crippen LogP contribution in [0.15, 0.2) is 40.9 Å². The molecule has 1 nitrogen and oxygen atoms in total. The molecule has 5 heteroatoms. The van der Waals surface area contributed by atoms with Gasteiger partial charge < -0.3 is 4.74 Å². The first-order chi connectivity index (χ1) is 9.10. The number of ether oxygens (including phenoxy) is 1. The topological polar surface area (TPSA) is 9.23 Å². The third-order valence-corrected chi connectivity index (χ3v) is 3.93. The minimum Gasteiger partial charge on any atom is -0.489 e. The summed E-state index contributed by atoms with van der Waals surface area (Å²) in [4.78, 5) is 0. The largest absolute Gasteiger partial charge is 0.489 e. The molecule has 2 aromatic carbocycles. The van der Waals surface area contributed by atoms with Gasteiger partial charge in [-0.2, -0.15) is 0 Å². The Morgan fingerprint density at radius 3 is 2.63 bits per heavy atom. The molecule has 0 fully saturated rings. The van der Waals surface area contributed by atoms with Crippen LogP contribution in [0.5, 0.6) is 5.75 Å². The van der Waals surface area contributed by atoms with Gasteiger partial charge in [-0.15, -0.1) is 0 Å². The van der Waals surface area contributed by atoms with Crippen LogP contribution in [0.3, 0.4) is 0 Å². The Labute approximate surface area is 133 Å². The van der Waals surface area contributed by atoms with Crippen LogP contribution >= 0.6 is 43.5 Å². The zero-order chi connectivity index (χ0) is 13.8. The van der Waals surface area contributed by atoms with Crippen molar-refractivity contribution < 1.29 is 9.13 Å². The Bertz CT molecular complexity index is 590. The van der Waals surface area contributed by atoms with Gasteiger partial charge in [0.1, 0.15) is 18.2 Å². The number of hydrogen-bond acceptors (Lipinski definition) is 1. The minimum atomic E-state index is -0.421. The van der Waals surface area contributed by atoms with Crippen molar-refractivity contribution in [3.63, 3.8) is 0 Å². The number of hydrogen-bond donors (Lipinski definition) is 0. The van der Waals surface area contributed by atoms with Gasteiger partial charge in [0.25, 0.3) is 0 Å². The normalized spacial score (nSPS) is 10.5. The standard InChI is InChI=1S/C14H10Br2ClFO/c15-7-10-6-11(16)2-4-14(10)19-8-9-1-3-13(18)12(17)5-9/h1-6H,7-8H2. The summed E-state index contributed by atoms with van der Waals surface area (Å²) in [5, 5.41) is 0.809. The second kappa shape index (κ2) is 6.73. The van der Waals surface area contributed by atoms with E-state index in [9.17, 15) is 4.39 Å². The van der Waals surface area contributed by atoms with Crippen molar-refractivity contribution in [3.05, 3.63) is 62.8 Å². The SMILES string of the molecule is Fc1ccc(COc2ccc(Br)cc2CBr)cc1Cl. The summed E-state index contributed by atoms with van der Waals surface area (Å²) in [5.74, 6) is 0.371. The molecule has 0 unspecified atom stereocenters. The van der Waals surface area contributed by atoms with Crippen molar-refractivity contribution in [2.75, 3.05) is 0 Å². The number of halogens is 4. The maximum Gasteiger partial charge on any atom is 0.141 e. The summed E-state index contributed by atoms with van der Waals surface area (Å²) in [5.41, 5.74) is 1.87. The van der Waals surface area contributed by atoms with Gasteiger partial charge in [-0.3, -0.25) is 0 Å². The molecule has 0 bridgehead atoms. The molecule has 100 valence electrons. The average molecular weight is 408 g/mol. The van der Waals surface area contributed by atoms with E-state index in [-0.39, 0.29) is 5.02 Å². The molecule has 0 N–H and O–H groups in total. The fourth-order valence-electron chi connectivity index (χ4n) is 1.58. The first kappa shape index (κ1) is 14.8. The monoisotopic (exact) mass is 406 g/mol. The van der Waals surface area contributed by atoms with Crippen LogP contribution in [0.1, 0.15) is 11.1 Å². The fourth-order valence-corrected chi connectivity index (χ4v) is 2.63. The molecule has 0 saturated heterocycles. The Morgan fingerprint density at radius 2 is 1.95 bits per heavy atom. The first-order valence-corrected chi connectivity index (χ1v) is 7.80. The van der Waals surface area contributed by atoms with Crippen molar-refractivity contribution in [2.45, 2.75) is 11.9 Å². The molecule has 2 rings (SSSR count). The minimum absolute atomic E-state index is 0.109. The quantitative estimate of drug-likeness (QED) is 0.589. The number of alkyl halides is 1. The van der Waals surface area contributed by atoms with Crippen molar-refractivity contribution in [1.82, 2.24) is 0 Å². The maximum atomic E-state index is 13.0. The molecular weight excluding hydrogens is 398 g/mol. The van der Waals surface area contributed by atoms with Crippen molar-refractivity contribution in [2.24, 2.45) is 0 Å². The fraction of sp³-hybridized carbons (Fsp3) is 0.143. The predicted molar refractivity (Wildman–Crippen MR) is 82.5 cm³/mol. The van der Waals surface area contributed by atoms with Gasteiger partial charge in [0.2, 0.25) is 0 Å². The third kappa shape index (κ3) is 3.94. The molecule has 0 spiro atoms. The summed E-state index contributed by atoms with van der Waals surface area (Å²) in [6, 6.07) is 10.4. The van der Waals surface area contributed by atoms with E-state index in [1.165, 1.54) is 6.07 Å². The smallest absolute Gasteiger partial charge is 0.141 e. The zero-order valence-corrected chi connectivity index (χ0v) is 13.7. The molecule has 19 heavy (non-hydrogen) atoms. The van der Waals surface area contributed by atoms with Gasteiger partial charge >= 0.3 is 0 Å². The summed E-state index contributed by atoms with van der Waals surface area (Å²) in [6.45, 7) is 0.349. The molecule has 0 aliphatic rings. The summed E-state index contributed by atoms with van der Waals surface area (Å²) in [6.07, 6.45) is 0. The second-order valence-electron chi connectivity index (χ2n) is 3.92. The summed E-state index contributed by atoms with van der Waals surface area (Å²) >= 11 is 12.6. The van der Waals surface area contributed by atoms with E-state index in [2.05, 4.69) is 31.9 Å². The number of rotatable bonds is 4. The van der Waals surface area contributed by atoms with E-state index in [1.807, 2.05) is 18.2 Å². The molecule has 0 aliphatic carbocycles. The molecule has 2 aromatic rings. The zero-order valence-electron chi connectivity index (χ0n) is 9.80. The van der Waals surface area contributed by atoms with Crippen molar-refractivity contribution >= 4 is 43.5 Å². The molecule has 0 saturated carbocycles. The molecule has 0 atom stereocenters. The highest BCUT2D eigenvalue weighted by Gasteiger charge is 2.05. The molecule has 0 aliphatic heterocycles. The van der Waals surface area contributed by atoms with Crippen LogP contribution in [0.2, 0.25) is 5.02 Å². The van der Waals surface area contributed by atoms with Gasteiger partial charge in [-0.05, 0) is 35.9 Å². The van der Waals surface area contributed by atoms with Gasteiger partial charge in [-0.1, -0.05) is 49.5 Å². The second-order valence-corrected chi connectivity index (χ2v) is 5.81. The highest BCUT2D eigenvalue weighted by molar-refractivity contribution is 9.10. The van der Waals surface area contributed by atoms with Crippen LogP contribution in [0.25, 0.3) is 0 Å². The predicted octanol–water partition coefficient (Wildman–Crippen LogP) is 5.72. The lowest BCUT2D eigenvalue weighted by molar-refractivity contribution is 0.303. The lowest BCUT2D eigenvalue weighted by Gasteiger charge is -2.11. The van der Waals surface area contributed by atoms with Crippen molar-refractivity contribution in [3.8, 4) is 5.75 Å². The highest BCUT2D eigenvalue weighted by atomic mass is 79.9. The lowest BCUT2D eigenvalue weighted by atomic mass is 10.2. The van der Waals surface area contributed by atoms with Gasteiger partial charge in [0.05, 0.1) is 5.02 Å². The van der Waals surface area contributed by atoms with Gasteiger partial charge in [0, 0.05) is 15.4 Å². The van der Waals surface area contributed by atoms with E-state index in [1.54, 1.807) is 12.1 Å². The Balaban J connectivity index is 2.12. The summed E-state index contributed by atoms with van der Waals surface area (Å²) < 4.78 is 19.8. The van der Waals surface area contributed by atoms with Crippen LogP contribution in [-0.4, -0.2) is 0 Å². The average Bonchev–Trinajstić information content (AvgIpc) is 2.41. The van der Waals surface area contributed by atoms with Crippen molar-refractivity contribution in [1.29, 1.82) is 0 Å². The van der Waals surface area contributed by atoms with E-state index >= 15 is 0 Å². The lowest BCUT2D eigenvalue weighted by Crippen LogP contribution is -1.98. The van der Waals surface area contributed by atoms with Crippen LogP contribution in [-0.2, 0) is 11.9 Å². The van der Waals surface area contributed by atoms with Crippen LogP contribution in [0.4, 0.5) is 4.39 Å².